The summed E-state index contributed by atoms with van der Waals surface area (Å²) in [5.74, 6) is 0.446. The van der Waals surface area contributed by atoms with Crippen LogP contribution >= 0.6 is 11.8 Å². The molecule has 0 bridgehead atoms. The van der Waals surface area contributed by atoms with Crippen molar-refractivity contribution < 1.29 is 14.0 Å². The molecule has 158 valence electrons. The van der Waals surface area contributed by atoms with Gasteiger partial charge in [-0.3, -0.25) is 19.0 Å². The van der Waals surface area contributed by atoms with Crippen molar-refractivity contribution in [3.05, 3.63) is 81.3 Å². The third-order valence-electron chi connectivity index (χ3n) is 5.12. The Morgan fingerprint density at radius 1 is 1.16 bits per heavy atom. The molecule has 8 heteroatoms. The van der Waals surface area contributed by atoms with E-state index >= 15 is 0 Å². The fourth-order valence-electron chi connectivity index (χ4n) is 3.71. The molecule has 31 heavy (non-hydrogen) atoms. The lowest BCUT2D eigenvalue weighted by molar-refractivity contribution is 0.101. The van der Waals surface area contributed by atoms with Crippen LogP contribution in [0.25, 0.3) is 10.9 Å². The number of aryl methyl sites for hydroxylation is 1. The summed E-state index contributed by atoms with van der Waals surface area (Å²) >= 11 is 1.19. The van der Waals surface area contributed by atoms with E-state index in [2.05, 4.69) is 9.97 Å². The van der Waals surface area contributed by atoms with E-state index in [-0.39, 0.29) is 29.4 Å². The highest BCUT2D eigenvalue weighted by molar-refractivity contribution is 7.99. The summed E-state index contributed by atoms with van der Waals surface area (Å²) in [6.07, 6.45) is 1.55. The second-order valence-electron chi connectivity index (χ2n) is 7.28. The highest BCUT2D eigenvalue weighted by atomic mass is 32.2. The maximum atomic E-state index is 13.1. The van der Waals surface area contributed by atoms with Crippen LogP contribution in [-0.4, -0.2) is 31.9 Å². The van der Waals surface area contributed by atoms with Crippen molar-refractivity contribution >= 4 is 34.2 Å². The summed E-state index contributed by atoms with van der Waals surface area (Å²) in [5.41, 5.74) is 2.67. The Balaban J connectivity index is 1.68. The molecule has 0 aliphatic heterocycles. The first-order valence-electron chi connectivity index (χ1n) is 9.75. The number of para-hydroxylation sites is 1. The lowest BCUT2D eigenvalue weighted by Gasteiger charge is -2.12. The van der Waals surface area contributed by atoms with Crippen LogP contribution in [-0.2, 0) is 6.54 Å². The molecule has 4 rings (SSSR count). The zero-order valence-electron chi connectivity index (χ0n) is 17.4. The number of fused-ring (bicyclic) bond motifs is 1. The molecule has 0 saturated heterocycles. The first kappa shape index (κ1) is 20.9. The van der Waals surface area contributed by atoms with Crippen LogP contribution in [0.5, 0.6) is 0 Å². The molecule has 1 N–H and O–H groups in total. The standard InChI is InChI=1S/C23H21N3O4S/c1-13-20(15(3)27)14(2)24-21(13)19(28)12-31-23-25-18-9-5-4-8-17(18)22(29)26(23)11-16-7-6-10-30-16/h4-10,24H,11-12H2,1-3H3. The molecule has 1 aromatic carbocycles. The number of aromatic nitrogens is 3. The van der Waals surface area contributed by atoms with Gasteiger partial charge in [-0.15, -0.1) is 0 Å². The number of hydrogen-bond acceptors (Lipinski definition) is 6. The average molecular weight is 436 g/mol. The number of carbonyl (C=O) groups is 2. The van der Waals surface area contributed by atoms with Gasteiger partial charge in [-0.2, -0.15) is 0 Å². The second-order valence-corrected chi connectivity index (χ2v) is 8.22. The Kier molecular flexibility index (Phi) is 5.65. The number of Topliss-reactive ketones (excluding diaryl/α,β-unsaturated/α-hetero) is 2. The minimum Gasteiger partial charge on any atom is -0.467 e. The normalized spacial score (nSPS) is 11.2. The molecular formula is C23H21N3O4S. The predicted molar refractivity (Wildman–Crippen MR) is 119 cm³/mol. The van der Waals surface area contributed by atoms with Crippen LogP contribution in [0.1, 0.15) is 44.8 Å². The Labute approximate surface area is 182 Å². The molecule has 0 radical (unpaired) electrons. The smallest absolute Gasteiger partial charge is 0.262 e. The molecule has 3 aromatic heterocycles. The molecular weight excluding hydrogens is 414 g/mol. The van der Waals surface area contributed by atoms with E-state index in [1.807, 2.05) is 6.07 Å². The van der Waals surface area contributed by atoms with Crippen molar-refractivity contribution in [1.82, 2.24) is 14.5 Å². The van der Waals surface area contributed by atoms with E-state index in [0.29, 0.717) is 44.3 Å². The molecule has 0 amide bonds. The minimum atomic E-state index is -0.192. The van der Waals surface area contributed by atoms with Crippen molar-refractivity contribution in [3.8, 4) is 0 Å². The lowest BCUT2D eigenvalue weighted by Crippen LogP contribution is -2.24. The van der Waals surface area contributed by atoms with Gasteiger partial charge in [-0.1, -0.05) is 23.9 Å². The summed E-state index contributed by atoms with van der Waals surface area (Å²) in [6, 6.07) is 10.7. The number of aromatic amines is 1. The molecule has 0 fully saturated rings. The van der Waals surface area contributed by atoms with Crippen molar-refractivity contribution in [2.24, 2.45) is 0 Å². The van der Waals surface area contributed by atoms with E-state index in [0.717, 1.165) is 0 Å². The minimum absolute atomic E-state index is 0.0705. The van der Waals surface area contributed by atoms with Crippen molar-refractivity contribution in [2.75, 3.05) is 5.75 Å². The number of carbonyl (C=O) groups excluding carboxylic acids is 2. The highest BCUT2D eigenvalue weighted by Gasteiger charge is 2.21. The third kappa shape index (κ3) is 3.98. The van der Waals surface area contributed by atoms with Gasteiger partial charge < -0.3 is 9.40 Å². The summed E-state index contributed by atoms with van der Waals surface area (Å²) < 4.78 is 6.93. The summed E-state index contributed by atoms with van der Waals surface area (Å²) in [4.78, 5) is 45.5. The van der Waals surface area contributed by atoms with Gasteiger partial charge in [0.15, 0.2) is 16.7 Å². The number of nitrogens with zero attached hydrogens (tertiary/aromatic N) is 2. The number of thioether (sulfide) groups is 1. The van der Waals surface area contributed by atoms with Gasteiger partial charge in [0.25, 0.3) is 5.56 Å². The fourth-order valence-corrected chi connectivity index (χ4v) is 4.59. The monoisotopic (exact) mass is 435 g/mol. The number of furan rings is 1. The Morgan fingerprint density at radius 2 is 1.94 bits per heavy atom. The first-order valence-corrected chi connectivity index (χ1v) is 10.7. The number of H-pyrrole nitrogens is 1. The molecule has 0 unspecified atom stereocenters. The zero-order chi connectivity index (χ0) is 22.1. The van der Waals surface area contributed by atoms with Gasteiger partial charge in [0.1, 0.15) is 5.76 Å². The van der Waals surface area contributed by atoms with E-state index in [1.54, 1.807) is 50.4 Å². The van der Waals surface area contributed by atoms with Crippen LogP contribution in [0.4, 0.5) is 0 Å². The molecule has 0 atom stereocenters. The van der Waals surface area contributed by atoms with Gasteiger partial charge >= 0.3 is 0 Å². The molecule has 7 nitrogen and oxygen atoms in total. The topological polar surface area (TPSA) is 98.0 Å². The molecule has 0 spiro atoms. The van der Waals surface area contributed by atoms with Gasteiger partial charge in [0, 0.05) is 11.3 Å². The third-order valence-corrected chi connectivity index (χ3v) is 6.10. The molecule has 4 aromatic rings. The SMILES string of the molecule is CC(=O)c1c(C)[nH]c(C(=O)CSc2nc3ccccc3c(=O)n2Cc2ccco2)c1C. The van der Waals surface area contributed by atoms with E-state index in [4.69, 9.17) is 4.42 Å². The first-order chi connectivity index (χ1) is 14.9. The predicted octanol–water partition coefficient (Wildman–Crippen LogP) is 4.16. The number of rotatable bonds is 7. The van der Waals surface area contributed by atoms with Crippen molar-refractivity contribution in [2.45, 2.75) is 32.5 Å². The second kappa shape index (κ2) is 8.39. The number of nitrogens with one attached hydrogen (secondary N) is 1. The van der Waals surface area contributed by atoms with E-state index in [9.17, 15) is 14.4 Å². The highest BCUT2D eigenvalue weighted by Crippen LogP contribution is 2.23. The van der Waals surface area contributed by atoms with Gasteiger partial charge in [0.05, 0.1) is 35.2 Å². The maximum absolute atomic E-state index is 13.1. The van der Waals surface area contributed by atoms with Gasteiger partial charge in [-0.25, -0.2) is 4.98 Å². The fraction of sp³-hybridized carbons (Fsp3) is 0.217. The summed E-state index contributed by atoms with van der Waals surface area (Å²) in [7, 11) is 0. The van der Waals surface area contributed by atoms with Crippen LogP contribution in [0.2, 0.25) is 0 Å². The molecule has 0 aliphatic rings. The Bertz CT molecular complexity index is 1350. The summed E-state index contributed by atoms with van der Waals surface area (Å²) in [6.45, 7) is 5.24. The Hall–Kier alpha value is -3.39. The van der Waals surface area contributed by atoms with Crippen LogP contribution < -0.4 is 5.56 Å². The quantitative estimate of drug-likeness (QED) is 0.266. The van der Waals surface area contributed by atoms with Crippen LogP contribution in [0, 0.1) is 13.8 Å². The number of ketones is 2. The largest absolute Gasteiger partial charge is 0.467 e. The molecule has 0 aliphatic carbocycles. The Morgan fingerprint density at radius 3 is 2.61 bits per heavy atom. The zero-order valence-corrected chi connectivity index (χ0v) is 18.2. The van der Waals surface area contributed by atoms with Crippen LogP contribution in [0.3, 0.4) is 0 Å². The van der Waals surface area contributed by atoms with Crippen molar-refractivity contribution in [3.63, 3.8) is 0 Å². The number of benzene rings is 1. The van der Waals surface area contributed by atoms with Crippen LogP contribution in [0.15, 0.2) is 57.0 Å². The average Bonchev–Trinajstić information content (AvgIpc) is 3.35. The maximum Gasteiger partial charge on any atom is 0.262 e. The summed E-state index contributed by atoms with van der Waals surface area (Å²) in [5, 5.41) is 0.938. The van der Waals surface area contributed by atoms with E-state index in [1.165, 1.54) is 23.3 Å². The van der Waals surface area contributed by atoms with Crippen molar-refractivity contribution in [1.29, 1.82) is 0 Å². The molecule has 0 saturated carbocycles. The lowest BCUT2D eigenvalue weighted by atomic mass is 10.1. The van der Waals surface area contributed by atoms with E-state index < -0.39 is 0 Å². The molecule has 3 heterocycles. The van der Waals surface area contributed by atoms with Gasteiger partial charge in [0.2, 0.25) is 0 Å². The van der Waals surface area contributed by atoms with Gasteiger partial charge in [-0.05, 0) is 50.6 Å². The number of hydrogen-bond donors (Lipinski definition) is 1.